The lowest BCUT2D eigenvalue weighted by molar-refractivity contribution is -0.125. The molecule has 106 valence electrons. The third kappa shape index (κ3) is 9.02. The number of carbonyl (C=O) groups excluding carboxylic acids is 1. The average Bonchev–Trinajstić information content (AvgIpc) is 2.13. The molecule has 0 bridgehead atoms. The van der Waals surface area contributed by atoms with Gasteiger partial charge >= 0.3 is 0 Å². The van der Waals surface area contributed by atoms with Crippen LogP contribution in [0.3, 0.4) is 0 Å². The summed E-state index contributed by atoms with van der Waals surface area (Å²) in [6.07, 6.45) is 0.947. The van der Waals surface area contributed by atoms with Gasteiger partial charge in [0.05, 0.1) is 5.71 Å². The third-order valence-electron chi connectivity index (χ3n) is 2.68. The second-order valence-corrected chi connectivity index (χ2v) is 6.86. The molecule has 1 N–H and O–H groups in total. The normalized spacial score (nSPS) is 13.4. The van der Waals surface area contributed by atoms with Crippen molar-refractivity contribution in [2.45, 2.75) is 54.9 Å². The molecule has 0 aliphatic heterocycles. The van der Waals surface area contributed by atoms with E-state index in [1.54, 1.807) is 0 Å². The lowest BCUT2D eigenvalue weighted by Gasteiger charge is -2.18. The topological polar surface area (TPSA) is 50.7 Å². The van der Waals surface area contributed by atoms with Gasteiger partial charge in [-0.1, -0.05) is 46.7 Å². The first-order valence-corrected chi connectivity index (χ1v) is 6.46. The maximum atomic E-state index is 11.5. The molecule has 0 spiro atoms. The molecule has 0 unspecified atom stereocenters. The minimum atomic E-state index is -0.121. The van der Waals surface area contributed by atoms with Crippen LogP contribution in [0.15, 0.2) is 5.16 Å². The van der Waals surface area contributed by atoms with Gasteiger partial charge in [0, 0.05) is 12.0 Å². The number of carbonyl (C=O) groups is 1. The highest BCUT2D eigenvalue weighted by Gasteiger charge is 2.15. The van der Waals surface area contributed by atoms with Gasteiger partial charge in [0.25, 0.3) is 5.91 Å². The quantitative estimate of drug-likeness (QED) is 0.607. The summed E-state index contributed by atoms with van der Waals surface area (Å²) in [7, 11) is 0. The summed E-state index contributed by atoms with van der Waals surface area (Å²) in [6, 6.07) is 0. The van der Waals surface area contributed by atoms with Gasteiger partial charge < -0.3 is 10.2 Å². The molecule has 0 saturated heterocycles. The van der Waals surface area contributed by atoms with Crippen molar-refractivity contribution in [3.63, 3.8) is 0 Å². The highest BCUT2D eigenvalue weighted by atomic mass is 16.6. The van der Waals surface area contributed by atoms with E-state index in [-0.39, 0.29) is 23.3 Å². The Morgan fingerprint density at radius 3 is 2.17 bits per heavy atom. The van der Waals surface area contributed by atoms with Crippen molar-refractivity contribution in [3.8, 4) is 0 Å². The van der Waals surface area contributed by atoms with Gasteiger partial charge in [0.2, 0.25) is 0 Å². The van der Waals surface area contributed by atoms with Gasteiger partial charge in [-0.2, -0.15) is 0 Å². The highest BCUT2D eigenvalue weighted by molar-refractivity contribution is 5.86. The maximum absolute atomic E-state index is 11.5. The van der Waals surface area contributed by atoms with Crippen LogP contribution < -0.4 is 5.32 Å². The van der Waals surface area contributed by atoms with Crippen LogP contribution in [0, 0.1) is 10.8 Å². The molecule has 0 aromatic carbocycles. The number of nitrogens with one attached hydrogen (secondary N) is 1. The summed E-state index contributed by atoms with van der Waals surface area (Å²) in [5.74, 6) is -0.121. The fourth-order valence-electron chi connectivity index (χ4n) is 0.953. The van der Waals surface area contributed by atoms with E-state index < -0.39 is 0 Å². The van der Waals surface area contributed by atoms with Crippen LogP contribution in [0.5, 0.6) is 0 Å². The Bertz CT molecular complexity index is 296. The smallest absolute Gasteiger partial charge is 0.260 e. The van der Waals surface area contributed by atoms with Gasteiger partial charge in [0.1, 0.15) is 0 Å². The minimum Gasteiger partial charge on any atom is -0.386 e. The molecule has 0 aromatic heterocycles. The maximum Gasteiger partial charge on any atom is 0.260 e. The second-order valence-electron chi connectivity index (χ2n) is 6.86. The Morgan fingerprint density at radius 1 is 1.17 bits per heavy atom. The molecule has 0 saturated carbocycles. The Labute approximate surface area is 111 Å². The van der Waals surface area contributed by atoms with Crippen LogP contribution in [-0.4, -0.2) is 24.8 Å². The molecule has 4 nitrogen and oxygen atoms in total. The van der Waals surface area contributed by atoms with Crippen LogP contribution in [0.2, 0.25) is 0 Å². The van der Waals surface area contributed by atoms with E-state index in [4.69, 9.17) is 4.84 Å². The highest BCUT2D eigenvalue weighted by Crippen LogP contribution is 2.17. The Hall–Kier alpha value is -1.06. The summed E-state index contributed by atoms with van der Waals surface area (Å²) in [6.45, 7) is 15.2. The number of hydrogen-bond donors (Lipinski definition) is 1. The van der Waals surface area contributed by atoms with E-state index in [0.29, 0.717) is 6.54 Å². The van der Waals surface area contributed by atoms with E-state index in [1.165, 1.54) is 0 Å². The monoisotopic (exact) mass is 256 g/mol. The minimum absolute atomic E-state index is 0.0163. The van der Waals surface area contributed by atoms with Crippen molar-refractivity contribution in [1.82, 2.24) is 5.32 Å². The second kappa shape index (κ2) is 6.76. The lowest BCUT2D eigenvalue weighted by Crippen LogP contribution is -2.30. The number of oxime groups is 1. The molecule has 1 amide bonds. The summed E-state index contributed by atoms with van der Waals surface area (Å²) in [5, 5.41) is 6.77. The molecule has 4 heteroatoms. The zero-order valence-corrected chi connectivity index (χ0v) is 12.9. The zero-order valence-electron chi connectivity index (χ0n) is 12.9. The van der Waals surface area contributed by atoms with Gasteiger partial charge in [0.15, 0.2) is 6.61 Å². The molecule has 0 radical (unpaired) electrons. The van der Waals surface area contributed by atoms with Crippen molar-refractivity contribution < 1.29 is 9.63 Å². The largest absolute Gasteiger partial charge is 0.386 e. The summed E-state index contributed by atoms with van der Waals surface area (Å²) in [5.41, 5.74) is 1.09. The Morgan fingerprint density at radius 2 is 1.72 bits per heavy atom. The van der Waals surface area contributed by atoms with Crippen molar-refractivity contribution in [2.24, 2.45) is 16.0 Å². The predicted molar refractivity (Wildman–Crippen MR) is 75.6 cm³/mol. The van der Waals surface area contributed by atoms with Crippen LogP contribution in [0.1, 0.15) is 54.9 Å². The molecule has 0 heterocycles. The van der Waals surface area contributed by atoms with E-state index in [0.717, 1.165) is 12.1 Å². The van der Waals surface area contributed by atoms with E-state index in [1.807, 2.05) is 6.92 Å². The zero-order chi connectivity index (χ0) is 14.4. The van der Waals surface area contributed by atoms with Crippen LogP contribution in [0.4, 0.5) is 0 Å². The molecular weight excluding hydrogens is 228 g/mol. The van der Waals surface area contributed by atoms with Crippen molar-refractivity contribution in [1.29, 1.82) is 0 Å². The fraction of sp³-hybridized carbons (Fsp3) is 0.857. The van der Waals surface area contributed by atoms with Gasteiger partial charge in [-0.25, -0.2) is 0 Å². The van der Waals surface area contributed by atoms with Gasteiger partial charge in [-0.3, -0.25) is 4.79 Å². The van der Waals surface area contributed by atoms with E-state index in [9.17, 15) is 4.79 Å². The van der Waals surface area contributed by atoms with Gasteiger partial charge in [-0.15, -0.1) is 0 Å². The Balaban J connectivity index is 3.86. The van der Waals surface area contributed by atoms with E-state index >= 15 is 0 Å². The van der Waals surface area contributed by atoms with Crippen molar-refractivity contribution >= 4 is 11.6 Å². The number of rotatable bonds is 5. The van der Waals surface area contributed by atoms with E-state index in [2.05, 4.69) is 52.0 Å². The SMILES string of the molecule is C/C(=N\OCC(=O)NCCC(C)(C)C)C(C)(C)C. The predicted octanol–water partition coefficient (Wildman–Crippen LogP) is 2.98. The number of nitrogens with zero attached hydrogens (tertiary/aromatic N) is 1. The molecule has 0 atom stereocenters. The van der Waals surface area contributed by atoms with Crippen LogP contribution in [0.25, 0.3) is 0 Å². The third-order valence-corrected chi connectivity index (χ3v) is 2.68. The van der Waals surface area contributed by atoms with Crippen molar-refractivity contribution in [3.05, 3.63) is 0 Å². The van der Waals surface area contributed by atoms with Gasteiger partial charge in [-0.05, 0) is 18.8 Å². The molecule has 0 rings (SSSR count). The first kappa shape index (κ1) is 16.9. The molecule has 18 heavy (non-hydrogen) atoms. The van der Waals surface area contributed by atoms with Crippen molar-refractivity contribution in [2.75, 3.05) is 13.2 Å². The average molecular weight is 256 g/mol. The summed E-state index contributed by atoms with van der Waals surface area (Å²) >= 11 is 0. The standard InChI is InChI=1S/C14H28N2O2/c1-11(14(5,6)7)16-18-10-12(17)15-9-8-13(2,3)4/h8-10H2,1-7H3,(H,15,17)/b16-11+. The summed E-state index contributed by atoms with van der Waals surface area (Å²) in [4.78, 5) is 16.5. The molecule has 0 aromatic rings. The Kier molecular flexibility index (Phi) is 6.36. The molecule has 0 fully saturated rings. The molecule has 0 aliphatic rings. The van der Waals surface area contributed by atoms with Crippen LogP contribution in [-0.2, 0) is 9.63 Å². The first-order valence-electron chi connectivity index (χ1n) is 6.46. The lowest BCUT2D eigenvalue weighted by atomic mass is 9.91. The van der Waals surface area contributed by atoms with Crippen LogP contribution >= 0.6 is 0 Å². The molecule has 0 aliphatic carbocycles. The number of amides is 1. The first-order chi connectivity index (χ1) is 8.02. The number of hydrogen-bond acceptors (Lipinski definition) is 3. The fourth-order valence-corrected chi connectivity index (χ4v) is 0.953. The summed E-state index contributed by atoms with van der Waals surface area (Å²) < 4.78 is 0. The molecular formula is C14H28N2O2.